The number of rotatable bonds is 38. The van der Waals surface area contributed by atoms with Crippen molar-refractivity contribution in [2.24, 2.45) is 5.73 Å². The van der Waals surface area contributed by atoms with Crippen molar-refractivity contribution < 1.29 is 37.6 Å². The molecule has 50 heavy (non-hydrogen) atoms. The molecule has 0 rings (SSSR count). The molecule has 0 aromatic carbocycles. The summed E-state index contributed by atoms with van der Waals surface area (Å²) in [6.07, 6.45) is 37.7. The summed E-state index contributed by atoms with van der Waals surface area (Å²) >= 11 is 0. The zero-order valence-corrected chi connectivity index (χ0v) is 33.0. The number of allylic oxidation sites excluding steroid dienone is 4. The first kappa shape index (κ1) is 48.5. The summed E-state index contributed by atoms with van der Waals surface area (Å²) < 4.78 is 32.7. The molecule has 3 N–H and O–H groups in total. The number of unbranched alkanes of at least 4 members (excludes halogenated alkanes) is 21. The molecule has 0 aliphatic heterocycles. The number of esters is 2. The zero-order valence-electron chi connectivity index (χ0n) is 32.1. The highest BCUT2D eigenvalue weighted by Crippen LogP contribution is 2.43. The van der Waals surface area contributed by atoms with Gasteiger partial charge in [0.1, 0.15) is 6.61 Å². The van der Waals surface area contributed by atoms with E-state index in [-0.39, 0.29) is 38.6 Å². The average molecular weight is 730 g/mol. The summed E-state index contributed by atoms with van der Waals surface area (Å²) in [6.45, 7) is 3.70. The van der Waals surface area contributed by atoms with Gasteiger partial charge >= 0.3 is 19.8 Å². The third kappa shape index (κ3) is 36.3. The van der Waals surface area contributed by atoms with E-state index in [1.807, 2.05) is 0 Å². The Morgan fingerprint density at radius 1 is 0.600 bits per heavy atom. The number of phosphoric ester groups is 1. The molecule has 0 radical (unpaired) electrons. The Kier molecular flexibility index (Phi) is 36.1. The number of carbonyl (C=O) groups excluding carboxylic acids is 2. The van der Waals surface area contributed by atoms with Gasteiger partial charge in [0.25, 0.3) is 0 Å². The maximum atomic E-state index is 12.5. The highest BCUT2D eigenvalue weighted by atomic mass is 31.2. The first-order valence-electron chi connectivity index (χ1n) is 20.3. The van der Waals surface area contributed by atoms with Gasteiger partial charge in [-0.2, -0.15) is 0 Å². The number of hydrogen-bond acceptors (Lipinski definition) is 8. The summed E-state index contributed by atoms with van der Waals surface area (Å²) in [6, 6.07) is 0. The van der Waals surface area contributed by atoms with E-state index in [0.717, 1.165) is 51.4 Å². The second-order valence-corrected chi connectivity index (χ2v) is 15.0. The largest absolute Gasteiger partial charge is 0.472 e. The maximum Gasteiger partial charge on any atom is 0.472 e. The minimum absolute atomic E-state index is 0.0533. The SMILES string of the molecule is CCCCC/C=C/C/C=C/CCCCCCCCCC(=O)O[C@H](COC(=O)CCCCCCCCCCCCCC)COP(=O)(O)OCCN. The normalized spacial score (nSPS) is 13.6. The van der Waals surface area contributed by atoms with Crippen molar-refractivity contribution in [1.29, 1.82) is 0 Å². The van der Waals surface area contributed by atoms with Crippen molar-refractivity contribution in [2.45, 2.75) is 193 Å². The Balaban J connectivity index is 4.18. The van der Waals surface area contributed by atoms with Crippen LogP contribution in [0.2, 0.25) is 0 Å². The van der Waals surface area contributed by atoms with Crippen molar-refractivity contribution in [3.05, 3.63) is 24.3 Å². The molecular formula is C40H76NO8P. The number of carbonyl (C=O) groups is 2. The molecule has 0 aromatic rings. The molecular weight excluding hydrogens is 653 g/mol. The second-order valence-electron chi connectivity index (χ2n) is 13.5. The van der Waals surface area contributed by atoms with Gasteiger partial charge in [0.15, 0.2) is 6.10 Å². The van der Waals surface area contributed by atoms with E-state index in [1.165, 1.54) is 103 Å². The Hall–Kier alpha value is -1.51. The van der Waals surface area contributed by atoms with Crippen LogP contribution >= 0.6 is 7.82 Å². The van der Waals surface area contributed by atoms with E-state index in [0.29, 0.717) is 6.42 Å². The average Bonchev–Trinajstić information content (AvgIpc) is 3.10. The van der Waals surface area contributed by atoms with Gasteiger partial charge in [0, 0.05) is 19.4 Å². The van der Waals surface area contributed by atoms with Crippen LogP contribution in [0, 0.1) is 0 Å². The summed E-state index contributed by atoms with van der Waals surface area (Å²) in [7, 11) is -4.37. The van der Waals surface area contributed by atoms with Gasteiger partial charge in [-0.1, -0.05) is 154 Å². The van der Waals surface area contributed by atoms with Crippen molar-refractivity contribution in [3.63, 3.8) is 0 Å². The number of hydrogen-bond donors (Lipinski definition) is 2. The van der Waals surface area contributed by atoms with Crippen molar-refractivity contribution in [3.8, 4) is 0 Å². The predicted molar refractivity (Wildman–Crippen MR) is 206 cm³/mol. The topological polar surface area (TPSA) is 134 Å². The van der Waals surface area contributed by atoms with Crippen LogP contribution in [0.5, 0.6) is 0 Å². The molecule has 0 bridgehead atoms. The lowest BCUT2D eigenvalue weighted by atomic mass is 10.0. The van der Waals surface area contributed by atoms with Gasteiger partial charge < -0.3 is 20.1 Å². The summed E-state index contributed by atoms with van der Waals surface area (Å²) in [5.74, 6) is -0.833. The lowest BCUT2D eigenvalue weighted by Crippen LogP contribution is -2.29. The first-order valence-corrected chi connectivity index (χ1v) is 21.8. The van der Waals surface area contributed by atoms with E-state index >= 15 is 0 Å². The minimum Gasteiger partial charge on any atom is -0.462 e. The van der Waals surface area contributed by atoms with Crippen molar-refractivity contribution in [1.82, 2.24) is 0 Å². The lowest BCUT2D eigenvalue weighted by Gasteiger charge is -2.19. The molecule has 1 unspecified atom stereocenters. The fourth-order valence-corrected chi connectivity index (χ4v) is 6.31. The third-order valence-electron chi connectivity index (χ3n) is 8.59. The molecule has 0 heterocycles. The lowest BCUT2D eigenvalue weighted by molar-refractivity contribution is -0.161. The van der Waals surface area contributed by atoms with Gasteiger partial charge in [-0.3, -0.25) is 18.6 Å². The molecule has 9 nitrogen and oxygen atoms in total. The molecule has 0 aliphatic rings. The van der Waals surface area contributed by atoms with Crippen LogP contribution in [-0.4, -0.2) is 49.3 Å². The second kappa shape index (κ2) is 37.3. The third-order valence-corrected chi connectivity index (χ3v) is 9.57. The fourth-order valence-electron chi connectivity index (χ4n) is 5.55. The molecule has 0 amide bonds. The van der Waals surface area contributed by atoms with Gasteiger partial charge in [-0.15, -0.1) is 0 Å². The molecule has 0 aliphatic carbocycles. The Labute approximate surface area is 306 Å². The van der Waals surface area contributed by atoms with E-state index in [1.54, 1.807) is 0 Å². The number of nitrogens with two attached hydrogens (primary N) is 1. The van der Waals surface area contributed by atoms with Crippen LogP contribution in [0.3, 0.4) is 0 Å². The monoisotopic (exact) mass is 730 g/mol. The quantitative estimate of drug-likeness (QED) is 0.0275. The van der Waals surface area contributed by atoms with Crippen LogP contribution in [0.4, 0.5) is 0 Å². The molecule has 0 spiro atoms. The van der Waals surface area contributed by atoms with Crippen LogP contribution in [0.15, 0.2) is 24.3 Å². The summed E-state index contributed by atoms with van der Waals surface area (Å²) in [5, 5.41) is 0. The molecule has 0 saturated heterocycles. The predicted octanol–water partition coefficient (Wildman–Crippen LogP) is 11.2. The maximum absolute atomic E-state index is 12.5. The van der Waals surface area contributed by atoms with Crippen LogP contribution in [0.1, 0.15) is 187 Å². The van der Waals surface area contributed by atoms with Gasteiger partial charge in [-0.05, 0) is 44.9 Å². The van der Waals surface area contributed by atoms with E-state index in [2.05, 4.69) is 38.2 Å². The highest BCUT2D eigenvalue weighted by Gasteiger charge is 2.26. The summed E-state index contributed by atoms with van der Waals surface area (Å²) in [4.78, 5) is 34.7. The Morgan fingerprint density at radius 3 is 1.56 bits per heavy atom. The van der Waals surface area contributed by atoms with E-state index in [4.69, 9.17) is 24.3 Å². The molecule has 2 atom stereocenters. The van der Waals surface area contributed by atoms with Crippen molar-refractivity contribution in [2.75, 3.05) is 26.4 Å². The van der Waals surface area contributed by atoms with Gasteiger partial charge in [-0.25, -0.2) is 4.57 Å². The van der Waals surface area contributed by atoms with E-state index < -0.39 is 26.5 Å². The minimum atomic E-state index is -4.37. The first-order chi connectivity index (χ1) is 24.3. The Morgan fingerprint density at radius 2 is 1.04 bits per heavy atom. The van der Waals surface area contributed by atoms with Gasteiger partial charge in [0.2, 0.25) is 0 Å². The molecule has 0 fully saturated rings. The molecule has 294 valence electrons. The van der Waals surface area contributed by atoms with Crippen LogP contribution < -0.4 is 5.73 Å². The Bertz CT molecular complexity index is 881. The standard InChI is InChI=1S/C40H76NO8P/c1-3-5-7-9-11-13-15-17-18-19-20-21-23-25-27-29-31-33-40(43)49-38(37-48-50(44,45)47-35-34-41)36-46-39(42)32-30-28-26-24-22-16-14-12-10-8-6-4-2/h11,13,17-18,38H,3-10,12,14-16,19-37,41H2,1-2H3,(H,44,45)/b13-11+,18-17+/t38-/m1/s1. The smallest absolute Gasteiger partial charge is 0.462 e. The highest BCUT2D eigenvalue weighted by molar-refractivity contribution is 7.47. The number of ether oxygens (including phenoxy) is 2. The molecule has 0 saturated carbocycles. The molecule has 0 aromatic heterocycles. The van der Waals surface area contributed by atoms with Crippen LogP contribution in [-0.2, 0) is 32.7 Å². The van der Waals surface area contributed by atoms with Gasteiger partial charge in [0.05, 0.1) is 13.2 Å². The number of phosphoric acid groups is 1. The summed E-state index contributed by atoms with van der Waals surface area (Å²) in [5.41, 5.74) is 5.34. The van der Waals surface area contributed by atoms with E-state index in [9.17, 15) is 19.0 Å². The van der Waals surface area contributed by atoms with Crippen LogP contribution in [0.25, 0.3) is 0 Å². The fraction of sp³-hybridized carbons (Fsp3) is 0.850. The van der Waals surface area contributed by atoms with Crippen molar-refractivity contribution >= 4 is 19.8 Å². The molecule has 10 heteroatoms. The zero-order chi connectivity index (χ0) is 36.8.